The molecule has 0 fully saturated rings. The maximum atomic E-state index is 12.6. The lowest BCUT2D eigenvalue weighted by molar-refractivity contribution is -0.311. The fraction of sp³-hybridized carbons (Fsp3) is 0.231. The molecular weight excluding hydrogens is 586 g/mol. The summed E-state index contributed by atoms with van der Waals surface area (Å²) in [5.41, 5.74) is -0.0525. The van der Waals surface area contributed by atoms with Gasteiger partial charge in [0.05, 0.1) is 23.1 Å². The van der Waals surface area contributed by atoms with E-state index in [0.29, 0.717) is 13.8 Å². The maximum Gasteiger partial charge on any atom is 0.263 e. The van der Waals surface area contributed by atoms with Gasteiger partial charge in [-0.25, -0.2) is 0 Å². The van der Waals surface area contributed by atoms with Gasteiger partial charge in [0.15, 0.2) is 0 Å². The lowest BCUT2D eigenvalue weighted by atomic mass is 10.1. The van der Waals surface area contributed by atoms with E-state index >= 15 is 0 Å². The van der Waals surface area contributed by atoms with Crippen molar-refractivity contribution < 1.29 is 29.4 Å². The molecule has 2 rings (SSSR count). The highest BCUT2D eigenvalue weighted by Crippen LogP contribution is 2.45. The van der Waals surface area contributed by atoms with Gasteiger partial charge in [-0.2, -0.15) is 0 Å². The first kappa shape index (κ1) is 19.5. The SMILES string of the molecule is O=C([O-])CCC(C(=O)[O-])N1C(=O)c2c(Br)c(Br)c(Br)c(Br)c2C1=O. The van der Waals surface area contributed by atoms with Crippen LogP contribution in [0.2, 0.25) is 0 Å². The molecule has 24 heavy (non-hydrogen) atoms. The third-order valence-electron chi connectivity index (χ3n) is 3.34. The molecule has 0 aliphatic carbocycles. The van der Waals surface area contributed by atoms with Crippen LogP contribution in [0.5, 0.6) is 0 Å². The third-order valence-corrected chi connectivity index (χ3v) is 8.11. The van der Waals surface area contributed by atoms with Crippen LogP contribution in [0, 0.1) is 0 Å². The summed E-state index contributed by atoms with van der Waals surface area (Å²) >= 11 is 12.9. The van der Waals surface area contributed by atoms with Crippen molar-refractivity contribution >= 4 is 87.5 Å². The van der Waals surface area contributed by atoms with Gasteiger partial charge in [-0.1, -0.05) is 0 Å². The molecule has 128 valence electrons. The fourth-order valence-corrected chi connectivity index (χ4v) is 4.71. The van der Waals surface area contributed by atoms with Gasteiger partial charge in [-0.3, -0.25) is 14.5 Å². The van der Waals surface area contributed by atoms with E-state index in [0.717, 1.165) is 0 Å². The molecular formula is C13H5Br4NO6-2. The standard InChI is InChI=1S/C13H7Br4NO6/c14-7-5-6(8(15)10(17)9(7)16)12(22)18(11(5)21)3(13(23)24)1-2-4(19)20/h3H,1-2H2,(H,19,20)(H,23,24)/p-2. The number of imide groups is 1. The monoisotopic (exact) mass is 587 g/mol. The van der Waals surface area contributed by atoms with Crippen molar-refractivity contribution in [3.63, 3.8) is 0 Å². The van der Waals surface area contributed by atoms with Gasteiger partial charge in [0.25, 0.3) is 11.8 Å². The van der Waals surface area contributed by atoms with Gasteiger partial charge < -0.3 is 19.8 Å². The Kier molecular flexibility index (Phi) is 5.88. The first-order valence-corrected chi connectivity index (χ1v) is 9.41. The largest absolute Gasteiger partial charge is 0.550 e. The van der Waals surface area contributed by atoms with Crippen LogP contribution in [0.25, 0.3) is 0 Å². The summed E-state index contributed by atoms with van der Waals surface area (Å²) in [7, 11) is 0. The summed E-state index contributed by atoms with van der Waals surface area (Å²) in [5.74, 6) is -4.94. The Morgan fingerprint density at radius 1 is 0.875 bits per heavy atom. The molecule has 0 aromatic heterocycles. The molecule has 1 atom stereocenters. The number of carboxylic acids is 2. The first-order valence-electron chi connectivity index (χ1n) is 6.24. The Bertz CT molecular complexity index is 746. The number of halogens is 4. The van der Waals surface area contributed by atoms with Crippen molar-refractivity contribution in [2.24, 2.45) is 0 Å². The van der Waals surface area contributed by atoms with Gasteiger partial charge in [-0.05, 0) is 76.6 Å². The zero-order valence-electron chi connectivity index (χ0n) is 11.4. The number of hydrogen-bond donors (Lipinski definition) is 0. The third kappa shape index (κ3) is 3.18. The minimum Gasteiger partial charge on any atom is -0.550 e. The number of fused-ring (bicyclic) bond motifs is 1. The maximum absolute atomic E-state index is 12.6. The molecule has 1 aromatic rings. The summed E-state index contributed by atoms with van der Waals surface area (Å²) in [5, 5.41) is 21.9. The summed E-state index contributed by atoms with van der Waals surface area (Å²) in [6, 6.07) is -1.72. The molecule has 0 saturated heterocycles. The zero-order valence-corrected chi connectivity index (χ0v) is 17.7. The Morgan fingerprint density at radius 3 is 1.62 bits per heavy atom. The van der Waals surface area contributed by atoms with Crippen LogP contribution in [0.4, 0.5) is 0 Å². The van der Waals surface area contributed by atoms with E-state index in [1.54, 1.807) is 0 Å². The predicted molar refractivity (Wildman–Crippen MR) is 90.8 cm³/mol. The molecule has 1 heterocycles. The molecule has 7 nitrogen and oxygen atoms in total. The molecule has 1 aromatic carbocycles. The van der Waals surface area contributed by atoms with Gasteiger partial charge in [0.1, 0.15) is 0 Å². The number of hydrogen-bond acceptors (Lipinski definition) is 6. The van der Waals surface area contributed by atoms with E-state index in [2.05, 4.69) is 63.7 Å². The zero-order chi connectivity index (χ0) is 18.3. The van der Waals surface area contributed by atoms with Crippen LogP contribution >= 0.6 is 63.7 Å². The minimum absolute atomic E-state index is 0.0262. The van der Waals surface area contributed by atoms with Crippen LogP contribution in [-0.4, -0.2) is 34.7 Å². The van der Waals surface area contributed by atoms with E-state index in [9.17, 15) is 29.4 Å². The Morgan fingerprint density at radius 2 is 1.29 bits per heavy atom. The van der Waals surface area contributed by atoms with E-state index in [-0.39, 0.29) is 20.1 Å². The first-order chi connectivity index (χ1) is 11.1. The molecule has 1 aliphatic heterocycles. The summed E-state index contributed by atoms with van der Waals surface area (Å²) in [6.07, 6.45) is -1.14. The number of aliphatic carboxylic acids is 2. The molecule has 2 amide bonds. The fourth-order valence-electron chi connectivity index (χ4n) is 2.26. The summed E-state index contributed by atoms with van der Waals surface area (Å²) in [6.45, 7) is 0. The van der Waals surface area contributed by atoms with Crippen molar-refractivity contribution in [2.45, 2.75) is 18.9 Å². The second-order valence-corrected chi connectivity index (χ2v) is 7.90. The number of carboxylic acid groups (broad SMARTS) is 2. The second kappa shape index (κ2) is 7.22. The molecule has 1 unspecified atom stereocenters. The average Bonchev–Trinajstić information content (AvgIpc) is 2.75. The molecule has 0 radical (unpaired) electrons. The molecule has 0 saturated carbocycles. The van der Waals surface area contributed by atoms with Crippen LogP contribution in [0.1, 0.15) is 33.6 Å². The number of nitrogens with zero attached hydrogens (tertiary/aromatic N) is 1. The van der Waals surface area contributed by atoms with Crippen LogP contribution < -0.4 is 10.2 Å². The van der Waals surface area contributed by atoms with Gasteiger partial charge in [0, 0.05) is 23.9 Å². The van der Waals surface area contributed by atoms with E-state index in [1.165, 1.54) is 0 Å². The van der Waals surface area contributed by atoms with Gasteiger partial charge >= 0.3 is 0 Å². The van der Waals surface area contributed by atoms with Crippen molar-refractivity contribution in [3.8, 4) is 0 Å². The summed E-state index contributed by atoms with van der Waals surface area (Å²) in [4.78, 5) is 47.6. The highest BCUT2D eigenvalue weighted by atomic mass is 79.9. The normalized spacial score (nSPS) is 14.8. The second-order valence-electron chi connectivity index (χ2n) is 4.73. The van der Waals surface area contributed by atoms with Crippen molar-refractivity contribution in [2.75, 3.05) is 0 Å². The highest BCUT2D eigenvalue weighted by molar-refractivity contribution is 9.15. The Labute approximate surface area is 168 Å². The predicted octanol–water partition coefficient (Wildman–Crippen LogP) is 0.981. The molecule has 0 bridgehead atoms. The Hall–Kier alpha value is -0.780. The number of carbonyl (C=O) groups excluding carboxylic acids is 4. The van der Waals surface area contributed by atoms with Crippen molar-refractivity contribution in [3.05, 3.63) is 29.0 Å². The van der Waals surface area contributed by atoms with Gasteiger partial charge in [-0.15, -0.1) is 0 Å². The number of carbonyl (C=O) groups is 4. The number of benzene rings is 1. The van der Waals surface area contributed by atoms with E-state index in [1.807, 2.05) is 0 Å². The molecule has 0 spiro atoms. The van der Waals surface area contributed by atoms with E-state index < -0.39 is 42.6 Å². The summed E-state index contributed by atoms with van der Waals surface area (Å²) < 4.78 is 1.45. The van der Waals surface area contributed by atoms with E-state index in [4.69, 9.17) is 0 Å². The average molecular weight is 591 g/mol. The van der Waals surface area contributed by atoms with Crippen molar-refractivity contribution in [1.82, 2.24) is 4.90 Å². The highest BCUT2D eigenvalue weighted by Gasteiger charge is 2.44. The topological polar surface area (TPSA) is 118 Å². The molecule has 11 heteroatoms. The van der Waals surface area contributed by atoms with Crippen molar-refractivity contribution in [1.29, 1.82) is 0 Å². The Balaban J connectivity index is 2.57. The number of amides is 2. The smallest absolute Gasteiger partial charge is 0.263 e. The lowest BCUT2D eigenvalue weighted by Crippen LogP contribution is -2.51. The minimum atomic E-state index is -1.73. The quantitative estimate of drug-likeness (QED) is 0.287. The van der Waals surface area contributed by atoms with Crippen LogP contribution in [0.3, 0.4) is 0 Å². The van der Waals surface area contributed by atoms with Crippen LogP contribution in [0.15, 0.2) is 17.9 Å². The van der Waals surface area contributed by atoms with Crippen LogP contribution in [-0.2, 0) is 9.59 Å². The lowest BCUT2D eigenvalue weighted by Gasteiger charge is -2.27. The molecule has 0 N–H and O–H groups in total. The van der Waals surface area contributed by atoms with Gasteiger partial charge in [0.2, 0.25) is 0 Å². The molecule has 1 aliphatic rings. The number of rotatable bonds is 5.